The van der Waals surface area contributed by atoms with Gasteiger partial charge in [0.15, 0.2) is 0 Å². The van der Waals surface area contributed by atoms with Crippen LogP contribution in [0.3, 0.4) is 0 Å². The lowest BCUT2D eigenvalue weighted by Crippen LogP contribution is -2.39. The Labute approximate surface area is 130 Å². The molecule has 1 fully saturated rings. The Kier molecular flexibility index (Phi) is 5.45. The molecule has 1 aliphatic heterocycles. The van der Waals surface area contributed by atoms with Crippen LogP contribution in [0.25, 0.3) is 0 Å². The van der Waals surface area contributed by atoms with E-state index in [2.05, 4.69) is 46.1 Å². The number of anilines is 1. The normalized spacial score (nSPS) is 18.5. The third-order valence-electron chi connectivity index (χ3n) is 4.27. The van der Waals surface area contributed by atoms with Gasteiger partial charge >= 0.3 is 0 Å². The van der Waals surface area contributed by atoms with Crippen LogP contribution >= 0.6 is 15.9 Å². The van der Waals surface area contributed by atoms with Crippen molar-refractivity contribution in [3.63, 3.8) is 0 Å². The number of rotatable bonds is 4. The van der Waals surface area contributed by atoms with Crippen LogP contribution in [0.4, 0.5) is 5.69 Å². The fourth-order valence-corrected chi connectivity index (χ4v) is 3.23. The summed E-state index contributed by atoms with van der Waals surface area (Å²) in [6, 6.07) is 8.50. The number of nitrogens with one attached hydrogen (secondary N) is 1. The number of piperidine rings is 1. The van der Waals surface area contributed by atoms with Crippen molar-refractivity contribution in [3.05, 3.63) is 28.2 Å². The fourth-order valence-electron chi connectivity index (χ4n) is 2.87. The van der Waals surface area contributed by atoms with E-state index in [4.69, 9.17) is 0 Å². The van der Waals surface area contributed by atoms with Crippen molar-refractivity contribution in [3.8, 4) is 6.07 Å². The summed E-state index contributed by atoms with van der Waals surface area (Å²) in [6.07, 6.45) is 2.47. The highest BCUT2D eigenvalue weighted by Crippen LogP contribution is 2.26. The summed E-state index contributed by atoms with van der Waals surface area (Å²) in [5.41, 5.74) is 1.65. The Morgan fingerprint density at radius 3 is 2.75 bits per heavy atom. The molecule has 1 unspecified atom stereocenters. The van der Waals surface area contributed by atoms with E-state index in [0.29, 0.717) is 17.5 Å². The molecule has 0 spiro atoms. The van der Waals surface area contributed by atoms with E-state index in [1.165, 1.54) is 25.9 Å². The second-order valence-electron chi connectivity index (χ2n) is 5.51. The molecule has 4 heteroatoms. The molecule has 20 heavy (non-hydrogen) atoms. The highest BCUT2D eigenvalue weighted by molar-refractivity contribution is 9.10. The van der Waals surface area contributed by atoms with Crippen molar-refractivity contribution in [2.75, 3.05) is 25.0 Å². The average molecular weight is 336 g/mol. The SMILES string of the molecule is CCN1CCC(C(C)Nc2ccc(Br)cc2C#N)CC1. The van der Waals surface area contributed by atoms with E-state index in [-0.39, 0.29) is 0 Å². The predicted molar refractivity (Wildman–Crippen MR) is 86.8 cm³/mol. The Bertz CT molecular complexity index is 487. The van der Waals surface area contributed by atoms with Gasteiger partial charge in [0.1, 0.15) is 6.07 Å². The third kappa shape index (κ3) is 3.74. The Morgan fingerprint density at radius 2 is 2.15 bits per heavy atom. The van der Waals surface area contributed by atoms with Gasteiger partial charge in [-0.05, 0) is 63.5 Å². The quantitative estimate of drug-likeness (QED) is 0.908. The van der Waals surface area contributed by atoms with Crippen LogP contribution in [-0.2, 0) is 0 Å². The summed E-state index contributed by atoms with van der Waals surface area (Å²) >= 11 is 3.41. The van der Waals surface area contributed by atoms with E-state index in [0.717, 1.165) is 16.7 Å². The smallest absolute Gasteiger partial charge is 0.101 e. The zero-order chi connectivity index (χ0) is 14.5. The van der Waals surface area contributed by atoms with Crippen LogP contribution in [0, 0.1) is 17.2 Å². The van der Waals surface area contributed by atoms with Crippen LogP contribution in [0.15, 0.2) is 22.7 Å². The van der Waals surface area contributed by atoms with Crippen LogP contribution in [0.1, 0.15) is 32.3 Å². The third-order valence-corrected chi connectivity index (χ3v) is 4.77. The molecule has 0 aromatic heterocycles. The lowest BCUT2D eigenvalue weighted by atomic mass is 9.90. The topological polar surface area (TPSA) is 39.1 Å². The van der Waals surface area contributed by atoms with Crippen LogP contribution in [0.5, 0.6) is 0 Å². The Hall–Kier alpha value is -1.05. The number of nitriles is 1. The number of hydrogen-bond acceptors (Lipinski definition) is 3. The largest absolute Gasteiger partial charge is 0.381 e. The molecule has 1 aliphatic rings. The number of hydrogen-bond donors (Lipinski definition) is 1. The molecule has 1 saturated heterocycles. The number of likely N-dealkylation sites (tertiary alicyclic amines) is 1. The first-order valence-corrected chi connectivity index (χ1v) is 8.12. The minimum Gasteiger partial charge on any atom is -0.381 e. The summed E-state index contributed by atoms with van der Waals surface area (Å²) in [5.74, 6) is 0.688. The molecule has 0 bridgehead atoms. The highest BCUT2D eigenvalue weighted by atomic mass is 79.9. The molecule has 2 rings (SSSR count). The van der Waals surface area contributed by atoms with Gasteiger partial charge in [-0.15, -0.1) is 0 Å². The fraction of sp³-hybridized carbons (Fsp3) is 0.562. The van der Waals surface area contributed by atoms with Crippen LogP contribution in [-0.4, -0.2) is 30.6 Å². The van der Waals surface area contributed by atoms with Gasteiger partial charge < -0.3 is 10.2 Å². The van der Waals surface area contributed by atoms with Crippen molar-refractivity contribution < 1.29 is 0 Å². The molecule has 1 heterocycles. The molecule has 1 aromatic carbocycles. The van der Waals surface area contributed by atoms with Gasteiger partial charge in [-0.1, -0.05) is 22.9 Å². The maximum atomic E-state index is 9.22. The van der Waals surface area contributed by atoms with Gasteiger partial charge in [-0.25, -0.2) is 0 Å². The van der Waals surface area contributed by atoms with E-state index in [9.17, 15) is 5.26 Å². The lowest BCUT2D eigenvalue weighted by molar-refractivity contribution is 0.183. The molecule has 0 aliphatic carbocycles. The van der Waals surface area contributed by atoms with Crippen molar-refractivity contribution >= 4 is 21.6 Å². The monoisotopic (exact) mass is 335 g/mol. The van der Waals surface area contributed by atoms with Crippen LogP contribution < -0.4 is 5.32 Å². The standard InChI is InChI=1S/C16H22BrN3/c1-3-20-8-6-13(7-9-20)12(2)19-16-5-4-15(17)10-14(16)11-18/h4-5,10,12-13,19H,3,6-9H2,1-2H3. The van der Waals surface area contributed by atoms with E-state index >= 15 is 0 Å². The maximum absolute atomic E-state index is 9.22. The van der Waals surface area contributed by atoms with Crippen LogP contribution in [0.2, 0.25) is 0 Å². The van der Waals surface area contributed by atoms with E-state index in [1.807, 2.05) is 18.2 Å². The van der Waals surface area contributed by atoms with Gasteiger partial charge in [-0.2, -0.15) is 5.26 Å². The number of nitrogens with zero attached hydrogens (tertiary/aromatic N) is 2. The van der Waals surface area contributed by atoms with Gasteiger partial charge in [0.25, 0.3) is 0 Å². The van der Waals surface area contributed by atoms with Gasteiger partial charge in [0.05, 0.1) is 11.3 Å². The minimum absolute atomic E-state index is 0.405. The summed E-state index contributed by atoms with van der Waals surface area (Å²) in [7, 11) is 0. The second-order valence-corrected chi connectivity index (χ2v) is 6.42. The van der Waals surface area contributed by atoms with Gasteiger partial charge in [0.2, 0.25) is 0 Å². The molecule has 108 valence electrons. The maximum Gasteiger partial charge on any atom is 0.101 e. The predicted octanol–water partition coefficient (Wildman–Crippen LogP) is 3.85. The molecule has 3 nitrogen and oxygen atoms in total. The second kappa shape index (κ2) is 7.10. The number of halogens is 1. The molecule has 1 aromatic rings. The zero-order valence-corrected chi connectivity index (χ0v) is 13.8. The molecule has 1 atom stereocenters. The zero-order valence-electron chi connectivity index (χ0n) is 12.2. The average Bonchev–Trinajstić information content (AvgIpc) is 2.49. The summed E-state index contributed by atoms with van der Waals surface area (Å²) in [5, 5.41) is 12.7. The Balaban J connectivity index is 1.98. The first-order valence-electron chi connectivity index (χ1n) is 7.32. The minimum atomic E-state index is 0.405. The first kappa shape index (κ1) is 15.3. The lowest BCUT2D eigenvalue weighted by Gasteiger charge is -2.35. The summed E-state index contributed by atoms with van der Waals surface area (Å²) in [4.78, 5) is 2.50. The van der Waals surface area contributed by atoms with E-state index < -0.39 is 0 Å². The van der Waals surface area contributed by atoms with Gasteiger partial charge in [-0.3, -0.25) is 0 Å². The molecular weight excluding hydrogens is 314 g/mol. The molecule has 0 radical (unpaired) electrons. The molecule has 0 saturated carbocycles. The molecular formula is C16H22BrN3. The van der Waals surface area contributed by atoms with Crippen molar-refractivity contribution in [1.82, 2.24) is 4.90 Å². The first-order chi connectivity index (χ1) is 9.63. The van der Waals surface area contributed by atoms with Crippen molar-refractivity contribution in [2.45, 2.75) is 32.7 Å². The summed E-state index contributed by atoms with van der Waals surface area (Å²) in [6.45, 7) is 8.00. The number of benzene rings is 1. The molecule has 1 N–H and O–H groups in total. The van der Waals surface area contributed by atoms with E-state index in [1.54, 1.807) is 0 Å². The molecule has 0 amide bonds. The summed E-state index contributed by atoms with van der Waals surface area (Å²) < 4.78 is 0.948. The van der Waals surface area contributed by atoms with Crippen molar-refractivity contribution in [2.24, 2.45) is 5.92 Å². The highest BCUT2D eigenvalue weighted by Gasteiger charge is 2.23. The van der Waals surface area contributed by atoms with Crippen molar-refractivity contribution in [1.29, 1.82) is 5.26 Å². The van der Waals surface area contributed by atoms with Gasteiger partial charge in [0, 0.05) is 10.5 Å². The Morgan fingerprint density at radius 1 is 1.45 bits per heavy atom.